The number of para-hydroxylation sites is 1. The van der Waals surface area contributed by atoms with Crippen molar-refractivity contribution in [1.82, 2.24) is 20.5 Å². The van der Waals surface area contributed by atoms with Crippen LogP contribution in [-0.4, -0.2) is 34.3 Å². The van der Waals surface area contributed by atoms with Gasteiger partial charge in [0.25, 0.3) is 0 Å². The van der Waals surface area contributed by atoms with Crippen LogP contribution < -0.4 is 10.2 Å². The van der Waals surface area contributed by atoms with E-state index < -0.39 is 0 Å². The van der Waals surface area contributed by atoms with Gasteiger partial charge in [0.1, 0.15) is 0 Å². The fourth-order valence-electron chi connectivity index (χ4n) is 3.16. The van der Waals surface area contributed by atoms with Crippen LogP contribution >= 0.6 is 0 Å². The van der Waals surface area contributed by atoms with E-state index >= 15 is 0 Å². The van der Waals surface area contributed by atoms with E-state index in [1.807, 2.05) is 23.2 Å². The molecule has 1 fully saturated rings. The zero-order valence-electron chi connectivity index (χ0n) is 12.7. The number of benzene rings is 1. The number of nitrogens with zero attached hydrogens (tertiary/aromatic N) is 3. The van der Waals surface area contributed by atoms with E-state index in [0.717, 1.165) is 37.0 Å². The van der Waals surface area contributed by atoms with Crippen LogP contribution in [0, 0.1) is 5.82 Å². The van der Waals surface area contributed by atoms with Crippen molar-refractivity contribution in [3.8, 4) is 0 Å². The first-order chi connectivity index (χ1) is 11.3. The van der Waals surface area contributed by atoms with Gasteiger partial charge in [0, 0.05) is 37.3 Å². The Labute approximate surface area is 133 Å². The monoisotopic (exact) mass is 311 g/mol. The number of hydrogen-bond donors (Lipinski definition) is 2. The summed E-state index contributed by atoms with van der Waals surface area (Å²) in [4.78, 5) is 6.16. The molecule has 1 aromatic carbocycles. The van der Waals surface area contributed by atoms with Gasteiger partial charge in [-0.1, -0.05) is 18.2 Å². The molecule has 118 valence electrons. The Balaban J connectivity index is 1.41. The minimum absolute atomic E-state index is 0.254. The second-order valence-corrected chi connectivity index (χ2v) is 5.87. The summed E-state index contributed by atoms with van der Waals surface area (Å²) in [7, 11) is 0. The number of halogens is 1. The molecule has 1 unspecified atom stereocenters. The molecular formula is C17H18FN5. The first-order valence-electron chi connectivity index (χ1n) is 7.81. The highest BCUT2D eigenvalue weighted by atomic mass is 19.1. The molecule has 0 radical (unpaired) electrons. The van der Waals surface area contributed by atoms with Crippen molar-refractivity contribution in [2.75, 3.05) is 18.0 Å². The van der Waals surface area contributed by atoms with Crippen molar-refractivity contribution in [3.05, 3.63) is 54.1 Å². The molecule has 23 heavy (non-hydrogen) atoms. The Morgan fingerprint density at radius 1 is 1.30 bits per heavy atom. The molecule has 4 rings (SSSR count). The maximum absolute atomic E-state index is 13.8. The summed E-state index contributed by atoms with van der Waals surface area (Å²) in [5.74, 6) is 0.197. The van der Waals surface area contributed by atoms with Crippen molar-refractivity contribution in [2.45, 2.75) is 19.0 Å². The van der Waals surface area contributed by atoms with Crippen LogP contribution in [0.2, 0.25) is 0 Å². The summed E-state index contributed by atoms with van der Waals surface area (Å²) in [6.45, 7) is 2.36. The minimum atomic E-state index is -0.254. The Kier molecular flexibility index (Phi) is 3.67. The number of H-pyrrole nitrogens is 1. The van der Waals surface area contributed by atoms with Crippen molar-refractivity contribution < 1.29 is 4.39 Å². The standard InChI is InChI=1S/C17H18FN5/c18-15-5-2-7-19-17(15)23-8-6-14(11-23)20-9-12-3-1-4-13-10-21-22-16(12)13/h1-5,7,10,14,20H,6,8-9,11H2,(H,21,22). The number of rotatable bonds is 4. The molecule has 5 nitrogen and oxygen atoms in total. The molecule has 1 aliphatic heterocycles. The Bertz CT molecular complexity index is 815. The molecule has 1 atom stereocenters. The lowest BCUT2D eigenvalue weighted by Crippen LogP contribution is -2.32. The molecular weight excluding hydrogens is 293 g/mol. The first kappa shape index (κ1) is 14.1. The highest BCUT2D eigenvalue weighted by Crippen LogP contribution is 2.21. The van der Waals surface area contributed by atoms with Gasteiger partial charge in [-0.2, -0.15) is 5.10 Å². The van der Waals surface area contributed by atoms with Crippen molar-refractivity contribution in [2.24, 2.45) is 0 Å². The number of hydrogen-bond acceptors (Lipinski definition) is 4. The molecule has 0 spiro atoms. The highest BCUT2D eigenvalue weighted by Gasteiger charge is 2.24. The Morgan fingerprint density at radius 2 is 2.26 bits per heavy atom. The van der Waals surface area contributed by atoms with Crippen LogP contribution in [-0.2, 0) is 6.54 Å². The van der Waals surface area contributed by atoms with Gasteiger partial charge in [0.05, 0.1) is 11.7 Å². The van der Waals surface area contributed by atoms with Gasteiger partial charge in [-0.25, -0.2) is 9.37 Å². The van der Waals surface area contributed by atoms with Crippen LogP contribution in [0.15, 0.2) is 42.7 Å². The normalized spacial score (nSPS) is 18.0. The molecule has 0 bridgehead atoms. The molecule has 0 aliphatic carbocycles. The first-order valence-corrected chi connectivity index (χ1v) is 7.81. The van der Waals surface area contributed by atoms with E-state index in [-0.39, 0.29) is 5.82 Å². The average molecular weight is 311 g/mol. The fourth-order valence-corrected chi connectivity index (χ4v) is 3.16. The quantitative estimate of drug-likeness (QED) is 0.777. The largest absolute Gasteiger partial charge is 0.353 e. The maximum Gasteiger partial charge on any atom is 0.165 e. The number of aromatic amines is 1. The second kappa shape index (κ2) is 5.96. The van der Waals surface area contributed by atoms with Gasteiger partial charge >= 0.3 is 0 Å². The van der Waals surface area contributed by atoms with Crippen molar-refractivity contribution in [1.29, 1.82) is 0 Å². The molecule has 2 aromatic heterocycles. The maximum atomic E-state index is 13.8. The molecule has 0 amide bonds. The van der Waals surface area contributed by atoms with Crippen molar-refractivity contribution in [3.63, 3.8) is 0 Å². The van der Waals surface area contributed by atoms with Gasteiger partial charge < -0.3 is 10.2 Å². The third-order valence-corrected chi connectivity index (χ3v) is 4.37. The third-order valence-electron chi connectivity index (χ3n) is 4.37. The van der Waals surface area contributed by atoms with E-state index in [0.29, 0.717) is 11.9 Å². The lowest BCUT2D eigenvalue weighted by Gasteiger charge is -2.18. The lowest BCUT2D eigenvalue weighted by molar-refractivity contribution is 0.551. The summed E-state index contributed by atoms with van der Waals surface area (Å²) < 4.78 is 13.8. The number of nitrogens with one attached hydrogen (secondary N) is 2. The number of fused-ring (bicyclic) bond motifs is 1. The summed E-state index contributed by atoms with van der Waals surface area (Å²) in [5, 5.41) is 11.8. The molecule has 1 saturated heterocycles. The van der Waals surface area contributed by atoms with Crippen LogP contribution in [0.4, 0.5) is 10.2 Å². The van der Waals surface area contributed by atoms with Gasteiger partial charge in [0.15, 0.2) is 11.6 Å². The van der Waals surface area contributed by atoms with Crippen molar-refractivity contribution >= 4 is 16.7 Å². The van der Waals surface area contributed by atoms with Crippen LogP contribution in [0.25, 0.3) is 10.9 Å². The van der Waals surface area contributed by atoms with E-state index in [1.165, 1.54) is 11.6 Å². The van der Waals surface area contributed by atoms with E-state index in [4.69, 9.17) is 0 Å². The minimum Gasteiger partial charge on any atom is -0.353 e. The Hall–Kier alpha value is -2.47. The molecule has 2 N–H and O–H groups in total. The highest BCUT2D eigenvalue weighted by molar-refractivity contribution is 5.81. The third kappa shape index (κ3) is 2.77. The smallest absolute Gasteiger partial charge is 0.165 e. The molecule has 1 aliphatic rings. The Morgan fingerprint density at radius 3 is 3.17 bits per heavy atom. The second-order valence-electron chi connectivity index (χ2n) is 5.87. The van der Waals surface area contributed by atoms with E-state index in [9.17, 15) is 4.39 Å². The summed E-state index contributed by atoms with van der Waals surface area (Å²) in [6, 6.07) is 9.59. The number of aromatic nitrogens is 3. The van der Waals surface area contributed by atoms with Crippen LogP contribution in [0.3, 0.4) is 0 Å². The number of pyridine rings is 1. The predicted molar refractivity (Wildman–Crippen MR) is 87.7 cm³/mol. The lowest BCUT2D eigenvalue weighted by atomic mass is 10.1. The van der Waals surface area contributed by atoms with Gasteiger partial charge in [-0.15, -0.1) is 0 Å². The molecule has 6 heteroatoms. The topological polar surface area (TPSA) is 56.8 Å². The fraction of sp³-hybridized carbons (Fsp3) is 0.294. The summed E-state index contributed by atoms with van der Waals surface area (Å²) in [5.41, 5.74) is 2.27. The molecule has 0 saturated carbocycles. The zero-order chi connectivity index (χ0) is 15.6. The van der Waals surface area contributed by atoms with Crippen LogP contribution in [0.5, 0.6) is 0 Å². The van der Waals surface area contributed by atoms with E-state index in [1.54, 1.807) is 12.3 Å². The van der Waals surface area contributed by atoms with Gasteiger partial charge in [0.2, 0.25) is 0 Å². The molecule has 3 aromatic rings. The summed E-state index contributed by atoms with van der Waals surface area (Å²) in [6.07, 6.45) is 4.45. The molecule has 3 heterocycles. The predicted octanol–water partition coefficient (Wildman–Crippen LogP) is 2.47. The van der Waals surface area contributed by atoms with Gasteiger partial charge in [-0.3, -0.25) is 5.10 Å². The SMILES string of the molecule is Fc1cccnc1N1CCC(NCc2cccc3cn[nH]c23)C1. The van der Waals surface area contributed by atoms with Gasteiger partial charge in [-0.05, 0) is 24.1 Å². The zero-order valence-corrected chi connectivity index (χ0v) is 12.7. The number of anilines is 1. The van der Waals surface area contributed by atoms with Crippen LogP contribution in [0.1, 0.15) is 12.0 Å². The van der Waals surface area contributed by atoms with E-state index in [2.05, 4.69) is 26.6 Å². The average Bonchev–Trinajstić information content (AvgIpc) is 3.22. The summed E-state index contributed by atoms with van der Waals surface area (Å²) >= 11 is 0.